The van der Waals surface area contributed by atoms with E-state index in [2.05, 4.69) is 36.8 Å². The summed E-state index contributed by atoms with van der Waals surface area (Å²) in [5, 5.41) is 0. The van der Waals surface area contributed by atoms with Gasteiger partial charge in [0.15, 0.2) is 3.92 Å². The van der Waals surface area contributed by atoms with Crippen LogP contribution in [0.5, 0.6) is 0 Å². The Morgan fingerprint density at radius 3 is 2.62 bits per heavy atom. The van der Waals surface area contributed by atoms with Crippen LogP contribution in [0.3, 0.4) is 0 Å². The van der Waals surface area contributed by atoms with Gasteiger partial charge in [-0.1, -0.05) is 0 Å². The number of hydrogen-bond acceptors (Lipinski definition) is 2. The maximum absolute atomic E-state index is 13.1. The van der Waals surface area contributed by atoms with E-state index in [-0.39, 0.29) is 4.47 Å². The zero-order valence-electron chi connectivity index (χ0n) is 5.94. The number of rotatable bonds is 0. The van der Waals surface area contributed by atoms with Crippen molar-refractivity contribution in [3.8, 4) is 0 Å². The molecule has 68 valence electrons. The van der Waals surface area contributed by atoms with Crippen LogP contribution in [0.4, 0.5) is 8.78 Å². The lowest BCUT2D eigenvalue weighted by molar-refractivity contribution is 0.588. The second-order valence-corrected chi connectivity index (χ2v) is 5.37. The first-order chi connectivity index (χ1) is 6.09. The summed E-state index contributed by atoms with van der Waals surface area (Å²) in [6.45, 7) is 0. The van der Waals surface area contributed by atoms with Crippen molar-refractivity contribution in [2.75, 3.05) is 0 Å². The SMILES string of the molecule is Fc1cc(F)c2sc(Br)nc2c1Br. The Bertz CT molecular complexity index is 483. The third-order valence-electron chi connectivity index (χ3n) is 1.49. The lowest BCUT2D eigenvalue weighted by Gasteiger charge is -1.95. The number of thiazole rings is 1. The minimum atomic E-state index is -0.636. The summed E-state index contributed by atoms with van der Waals surface area (Å²) in [7, 11) is 0. The molecule has 0 saturated heterocycles. The average molecular weight is 329 g/mol. The van der Waals surface area contributed by atoms with Crippen molar-refractivity contribution in [3.63, 3.8) is 0 Å². The van der Waals surface area contributed by atoms with Crippen molar-refractivity contribution in [1.82, 2.24) is 4.98 Å². The van der Waals surface area contributed by atoms with Gasteiger partial charge in [-0.15, -0.1) is 11.3 Å². The first kappa shape index (κ1) is 9.48. The molecule has 1 heterocycles. The maximum atomic E-state index is 13.1. The molecule has 0 aliphatic rings. The van der Waals surface area contributed by atoms with Crippen LogP contribution in [-0.4, -0.2) is 4.98 Å². The molecule has 0 aliphatic carbocycles. The molecule has 0 fully saturated rings. The fraction of sp³-hybridized carbons (Fsp3) is 0. The number of aromatic nitrogens is 1. The van der Waals surface area contributed by atoms with E-state index < -0.39 is 11.6 Å². The molecule has 6 heteroatoms. The summed E-state index contributed by atoms with van der Waals surface area (Å²) < 4.78 is 27.2. The van der Waals surface area contributed by atoms with Gasteiger partial charge >= 0.3 is 0 Å². The van der Waals surface area contributed by atoms with Gasteiger partial charge in [0.1, 0.15) is 17.2 Å². The molecule has 2 aromatic rings. The lowest BCUT2D eigenvalue weighted by atomic mass is 10.3. The van der Waals surface area contributed by atoms with Crippen molar-refractivity contribution in [1.29, 1.82) is 0 Å². The Morgan fingerprint density at radius 2 is 1.92 bits per heavy atom. The number of fused-ring (bicyclic) bond motifs is 1. The Kier molecular flexibility index (Phi) is 2.37. The quantitative estimate of drug-likeness (QED) is 0.663. The van der Waals surface area contributed by atoms with Crippen LogP contribution in [0.25, 0.3) is 10.2 Å². The van der Waals surface area contributed by atoms with Gasteiger partial charge in [0.2, 0.25) is 0 Å². The van der Waals surface area contributed by atoms with Crippen molar-refractivity contribution < 1.29 is 8.78 Å². The van der Waals surface area contributed by atoms with Crippen molar-refractivity contribution in [2.24, 2.45) is 0 Å². The molecule has 0 radical (unpaired) electrons. The molecule has 2 rings (SSSR count). The molecule has 0 N–H and O–H groups in total. The van der Waals surface area contributed by atoms with Gasteiger partial charge < -0.3 is 0 Å². The third-order valence-corrected chi connectivity index (χ3v) is 3.76. The number of benzene rings is 1. The van der Waals surface area contributed by atoms with Crippen LogP contribution >= 0.6 is 43.2 Å². The lowest BCUT2D eigenvalue weighted by Crippen LogP contribution is -1.83. The zero-order valence-corrected chi connectivity index (χ0v) is 9.93. The Hall–Kier alpha value is -0.0700. The summed E-state index contributed by atoms with van der Waals surface area (Å²) >= 11 is 7.26. The first-order valence-electron chi connectivity index (χ1n) is 3.19. The normalized spacial score (nSPS) is 11.1. The predicted octanol–water partition coefficient (Wildman–Crippen LogP) is 4.10. The molecule has 0 bridgehead atoms. The largest absolute Gasteiger partial charge is 0.228 e. The predicted molar refractivity (Wildman–Crippen MR) is 54.9 cm³/mol. The summed E-state index contributed by atoms with van der Waals surface area (Å²) in [6, 6.07) is 0.844. The van der Waals surface area contributed by atoms with E-state index in [1.807, 2.05) is 0 Å². The van der Waals surface area contributed by atoms with E-state index in [1.54, 1.807) is 0 Å². The van der Waals surface area contributed by atoms with E-state index >= 15 is 0 Å². The second-order valence-electron chi connectivity index (χ2n) is 2.30. The van der Waals surface area contributed by atoms with Crippen LogP contribution in [0, 0.1) is 11.6 Å². The van der Waals surface area contributed by atoms with Crippen LogP contribution < -0.4 is 0 Å². The summed E-state index contributed by atoms with van der Waals surface area (Å²) in [4.78, 5) is 3.94. The molecule has 0 atom stereocenters. The van der Waals surface area contributed by atoms with Crippen LogP contribution in [0.15, 0.2) is 14.5 Å². The van der Waals surface area contributed by atoms with Gasteiger partial charge in [0.05, 0.1) is 9.17 Å². The minimum absolute atomic E-state index is 0.200. The van der Waals surface area contributed by atoms with E-state index in [0.717, 1.165) is 17.4 Å². The highest BCUT2D eigenvalue weighted by atomic mass is 79.9. The second kappa shape index (κ2) is 3.25. The highest BCUT2D eigenvalue weighted by molar-refractivity contribution is 9.11. The molecule has 13 heavy (non-hydrogen) atoms. The molecule has 1 aromatic heterocycles. The summed E-state index contributed by atoms with van der Waals surface area (Å²) in [5.74, 6) is -1.22. The molecular weight excluding hydrogens is 328 g/mol. The molecule has 0 saturated carbocycles. The standard InChI is InChI=1S/C7HBr2F2NS/c8-4-2(10)1-3(11)6-5(4)12-7(9)13-6/h1H. The minimum Gasteiger partial charge on any atom is -0.228 e. The fourth-order valence-corrected chi connectivity index (χ4v) is 2.86. The highest BCUT2D eigenvalue weighted by Gasteiger charge is 2.14. The molecule has 0 unspecified atom stereocenters. The first-order valence-corrected chi connectivity index (χ1v) is 5.59. The van der Waals surface area contributed by atoms with Gasteiger partial charge in [-0.25, -0.2) is 13.8 Å². The van der Waals surface area contributed by atoms with E-state index in [9.17, 15) is 8.78 Å². The van der Waals surface area contributed by atoms with E-state index in [0.29, 0.717) is 14.1 Å². The smallest absolute Gasteiger partial charge is 0.160 e. The van der Waals surface area contributed by atoms with Crippen LogP contribution in [0.1, 0.15) is 0 Å². The van der Waals surface area contributed by atoms with Crippen molar-refractivity contribution in [2.45, 2.75) is 0 Å². The van der Waals surface area contributed by atoms with Crippen LogP contribution in [0.2, 0.25) is 0 Å². The summed E-state index contributed by atoms with van der Waals surface area (Å²) in [5.41, 5.74) is 0.314. The molecular formula is C7HBr2F2NS. The Labute approximate surface area is 93.0 Å². The van der Waals surface area contributed by atoms with Gasteiger partial charge in [-0.05, 0) is 31.9 Å². The highest BCUT2D eigenvalue weighted by Crippen LogP contribution is 2.34. The summed E-state index contributed by atoms with van der Waals surface area (Å²) in [6.07, 6.45) is 0. The van der Waals surface area contributed by atoms with Crippen molar-refractivity contribution in [3.05, 3.63) is 26.1 Å². The number of nitrogens with zero attached hydrogens (tertiary/aromatic N) is 1. The van der Waals surface area contributed by atoms with Crippen LogP contribution in [-0.2, 0) is 0 Å². The van der Waals surface area contributed by atoms with Gasteiger partial charge in [0.25, 0.3) is 0 Å². The fourth-order valence-electron chi connectivity index (χ4n) is 0.958. The maximum Gasteiger partial charge on any atom is 0.160 e. The van der Waals surface area contributed by atoms with E-state index in [1.165, 1.54) is 0 Å². The van der Waals surface area contributed by atoms with Crippen molar-refractivity contribution >= 4 is 53.4 Å². The van der Waals surface area contributed by atoms with E-state index in [4.69, 9.17) is 0 Å². The average Bonchev–Trinajstić information content (AvgIpc) is 2.44. The monoisotopic (exact) mass is 327 g/mol. The van der Waals surface area contributed by atoms with Gasteiger partial charge in [-0.3, -0.25) is 0 Å². The molecule has 1 aromatic carbocycles. The molecule has 0 amide bonds. The molecule has 0 spiro atoms. The zero-order chi connectivity index (χ0) is 9.59. The number of hydrogen-bond donors (Lipinski definition) is 0. The third kappa shape index (κ3) is 1.51. The molecule has 1 nitrogen and oxygen atoms in total. The number of halogens is 4. The molecule has 0 aliphatic heterocycles. The Balaban J connectivity index is 2.95. The van der Waals surface area contributed by atoms with Gasteiger partial charge in [-0.2, -0.15) is 0 Å². The Morgan fingerprint density at radius 1 is 1.23 bits per heavy atom. The van der Waals surface area contributed by atoms with Gasteiger partial charge in [0, 0.05) is 6.07 Å². The topological polar surface area (TPSA) is 12.9 Å².